The molecule has 0 aromatic rings. The second-order valence-electron chi connectivity index (χ2n) is 9.70. The van der Waals surface area contributed by atoms with E-state index in [0.29, 0.717) is 16.7 Å². The molecule has 5 aliphatic rings. The van der Waals surface area contributed by atoms with Gasteiger partial charge in [-0.3, -0.25) is 0 Å². The largest absolute Gasteiger partial charge is 0.392 e. The lowest BCUT2D eigenvalue weighted by atomic mass is 9.42. The van der Waals surface area contributed by atoms with Gasteiger partial charge < -0.3 is 5.11 Å². The van der Waals surface area contributed by atoms with E-state index in [1.54, 1.807) is 0 Å². The van der Waals surface area contributed by atoms with Crippen molar-refractivity contribution in [2.75, 3.05) is 0 Å². The van der Waals surface area contributed by atoms with Crippen LogP contribution in [-0.2, 0) is 0 Å². The molecule has 0 aromatic heterocycles. The summed E-state index contributed by atoms with van der Waals surface area (Å²) in [7, 11) is 0. The van der Waals surface area contributed by atoms with Gasteiger partial charge in [0, 0.05) is 0 Å². The number of aliphatic hydroxyl groups is 1. The van der Waals surface area contributed by atoms with Crippen molar-refractivity contribution in [2.24, 2.45) is 34.5 Å². The second-order valence-corrected chi connectivity index (χ2v) is 9.70. The Labute approximate surface area is 130 Å². The Morgan fingerprint density at radius 1 is 1.05 bits per heavy atom. The summed E-state index contributed by atoms with van der Waals surface area (Å²) in [5.74, 6) is 3.29. The van der Waals surface area contributed by atoms with Crippen molar-refractivity contribution in [1.82, 2.24) is 0 Å². The molecule has 1 nitrogen and oxygen atoms in total. The van der Waals surface area contributed by atoms with E-state index in [4.69, 9.17) is 0 Å². The molecule has 0 heterocycles. The lowest BCUT2D eigenvalue weighted by Crippen LogP contribution is -2.57. The second kappa shape index (κ2) is 4.98. The summed E-state index contributed by atoms with van der Waals surface area (Å²) >= 11 is 0. The third-order valence-corrected chi connectivity index (χ3v) is 7.92. The Kier molecular flexibility index (Phi) is 3.45. The van der Waals surface area contributed by atoms with Crippen molar-refractivity contribution in [3.05, 3.63) is 0 Å². The summed E-state index contributed by atoms with van der Waals surface area (Å²) in [6, 6.07) is 0. The van der Waals surface area contributed by atoms with Crippen LogP contribution in [0.4, 0.5) is 0 Å². The first-order valence-corrected chi connectivity index (χ1v) is 9.72. The van der Waals surface area contributed by atoms with Crippen molar-refractivity contribution >= 4 is 0 Å². The van der Waals surface area contributed by atoms with Crippen LogP contribution >= 0.6 is 0 Å². The normalized spacial score (nSPS) is 53.9. The average molecular weight is 290 g/mol. The van der Waals surface area contributed by atoms with Crippen LogP contribution in [0.1, 0.15) is 84.5 Å². The van der Waals surface area contributed by atoms with Gasteiger partial charge in [-0.05, 0) is 79.4 Å². The minimum Gasteiger partial charge on any atom is -0.392 e. The van der Waals surface area contributed by atoms with Crippen LogP contribution in [0.3, 0.4) is 0 Å². The first kappa shape index (κ1) is 14.5. The van der Waals surface area contributed by atoms with Gasteiger partial charge in [0.1, 0.15) is 0 Å². The zero-order valence-electron chi connectivity index (χ0n) is 14.1. The molecule has 120 valence electrons. The van der Waals surface area contributed by atoms with Crippen LogP contribution in [0, 0.1) is 34.5 Å². The van der Waals surface area contributed by atoms with E-state index in [1.165, 1.54) is 70.6 Å². The van der Waals surface area contributed by atoms with Crippen LogP contribution < -0.4 is 0 Å². The average Bonchev–Trinajstić information content (AvgIpc) is 2.44. The van der Waals surface area contributed by atoms with Crippen LogP contribution in [0.5, 0.6) is 0 Å². The maximum atomic E-state index is 11.5. The van der Waals surface area contributed by atoms with Gasteiger partial charge in [0.25, 0.3) is 0 Å². The summed E-state index contributed by atoms with van der Waals surface area (Å²) in [5.41, 5.74) is 0.885. The topological polar surface area (TPSA) is 20.2 Å². The first-order valence-electron chi connectivity index (χ1n) is 9.72. The fraction of sp³-hybridized carbons (Fsp3) is 1.00. The lowest BCUT2D eigenvalue weighted by molar-refractivity contribution is -0.175. The van der Waals surface area contributed by atoms with Gasteiger partial charge in [0.15, 0.2) is 0 Å². The van der Waals surface area contributed by atoms with Gasteiger partial charge in [0.2, 0.25) is 0 Å². The van der Waals surface area contributed by atoms with Crippen molar-refractivity contribution in [2.45, 2.75) is 90.6 Å². The lowest BCUT2D eigenvalue weighted by Gasteiger charge is -2.64. The van der Waals surface area contributed by atoms with Crippen molar-refractivity contribution in [3.63, 3.8) is 0 Å². The number of hydrogen-bond donors (Lipinski definition) is 1. The molecule has 0 spiro atoms. The zero-order chi connectivity index (χ0) is 14.7. The smallest absolute Gasteiger partial charge is 0.0627 e. The summed E-state index contributed by atoms with van der Waals surface area (Å²) < 4.78 is 0. The SMILES string of the molecule is CCC1CCCCC1C(O)C12CC3CC(CC(C)(C3)C1)C2. The van der Waals surface area contributed by atoms with Crippen molar-refractivity contribution in [1.29, 1.82) is 0 Å². The standard InChI is InChI=1S/C20H34O/c1-3-16-6-4-5-7-17(16)18(21)20-11-14-8-15(12-20)10-19(2,9-14)13-20/h14-18,21H,3-13H2,1-2H3. The molecule has 0 radical (unpaired) electrons. The summed E-state index contributed by atoms with van der Waals surface area (Å²) in [5, 5.41) is 11.5. The molecule has 0 amide bonds. The van der Waals surface area contributed by atoms with Gasteiger partial charge >= 0.3 is 0 Å². The predicted molar refractivity (Wildman–Crippen MR) is 87.0 cm³/mol. The molecule has 0 aromatic carbocycles. The Bertz CT molecular complexity index is 387. The highest BCUT2D eigenvalue weighted by Gasteiger charge is 2.59. The van der Waals surface area contributed by atoms with E-state index in [-0.39, 0.29) is 6.10 Å². The van der Waals surface area contributed by atoms with E-state index >= 15 is 0 Å². The highest BCUT2D eigenvalue weighted by Crippen LogP contribution is 2.67. The Morgan fingerprint density at radius 3 is 2.33 bits per heavy atom. The molecule has 21 heavy (non-hydrogen) atoms. The zero-order valence-corrected chi connectivity index (χ0v) is 14.1. The summed E-state index contributed by atoms with van der Waals surface area (Å²) in [6.07, 6.45) is 15.2. The third kappa shape index (κ3) is 2.30. The van der Waals surface area contributed by atoms with E-state index in [9.17, 15) is 5.11 Å². The fourth-order valence-corrected chi connectivity index (χ4v) is 7.76. The molecule has 5 unspecified atom stereocenters. The minimum absolute atomic E-state index is 0.00738. The van der Waals surface area contributed by atoms with Crippen molar-refractivity contribution < 1.29 is 5.11 Å². The predicted octanol–water partition coefficient (Wildman–Crippen LogP) is 5.17. The maximum absolute atomic E-state index is 11.5. The molecule has 4 bridgehead atoms. The fourth-order valence-electron chi connectivity index (χ4n) is 7.76. The molecule has 5 aliphatic carbocycles. The van der Waals surface area contributed by atoms with Crippen molar-refractivity contribution in [3.8, 4) is 0 Å². The summed E-state index contributed by atoms with van der Waals surface area (Å²) in [6.45, 7) is 4.88. The molecule has 5 atom stereocenters. The minimum atomic E-state index is 0.00738. The Morgan fingerprint density at radius 2 is 1.71 bits per heavy atom. The number of hydrogen-bond acceptors (Lipinski definition) is 1. The first-order chi connectivity index (χ1) is 10.0. The van der Waals surface area contributed by atoms with Gasteiger partial charge in [-0.25, -0.2) is 0 Å². The van der Waals surface area contributed by atoms with Crippen LogP contribution in [0.2, 0.25) is 0 Å². The van der Waals surface area contributed by atoms with Crippen LogP contribution in [-0.4, -0.2) is 11.2 Å². The van der Waals surface area contributed by atoms with E-state index < -0.39 is 0 Å². The molecule has 1 heteroatoms. The van der Waals surface area contributed by atoms with Crippen LogP contribution in [0.15, 0.2) is 0 Å². The highest BCUT2D eigenvalue weighted by atomic mass is 16.3. The van der Waals surface area contributed by atoms with E-state index in [2.05, 4.69) is 13.8 Å². The highest BCUT2D eigenvalue weighted by molar-refractivity contribution is 5.09. The number of aliphatic hydroxyl groups excluding tert-OH is 1. The van der Waals surface area contributed by atoms with Gasteiger partial charge in [-0.1, -0.05) is 39.5 Å². The third-order valence-electron chi connectivity index (χ3n) is 7.92. The molecule has 5 rings (SSSR count). The Balaban J connectivity index is 1.59. The van der Waals surface area contributed by atoms with Crippen LogP contribution in [0.25, 0.3) is 0 Å². The van der Waals surface area contributed by atoms with E-state index in [0.717, 1.165) is 17.8 Å². The van der Waals surface area contributed by atoms with Gasteiger partial charge in [-0.2, -0.15) is 0 Å². The molecule has 1 N–H and O–H groups in total. The molecule has 0 saturated heterocycles. The molecular weight excluding hydrogens is 256 g/mol. The maximum Gasteiger partial charge on any atom is 0.0627 e. The molecule has 5 fully saturated rings. The number of rotatable bonds is 3. The molecule has 0 aliphatic heterocycles. The molecule has 5 saturated carbocycles. The van der Waals surface area contributed by atoms with Gasteiger partial charge in [-0.15, -0.1) is 0 Å². The summed E-state index contributed by atoms with van der Waals surface area (Å²) in [4.78, 5) is 0. The quantitative estimate of drug-likeness (QED) is 0.760. The Hall–Kier alpha value is -0.0400. The monoisotopic (exact) mass is 290 g/mol. The molecular formula is C20H34O. The van der Waals surface area contributed by atoms with Gasteiger partial charge in [0.05, 0.1) is 6.10 Å². The van der Waals surface area contributed by atoms with E-state index in [1.807, 2.05) is 0 Å².